The molecule has 6 aromatic heterocycles. The summed E-state index contributed by atoms with van der Waals surface area (Å²) in [6.45, 7) is -8.24. The van der Waals surface area contributed by atoms with E-state index in [0.29, 0.717) is 33.8 Å². The van der Waals surface area contributed by atoms with Gasteiger partial charge in [0.1, 0.15) is 0 Å². The minimum absolute atomic E-state index is 0.0393. The third-order valence-electron chi connectivity index (χ3n) is 15.5. The highest BCUT2D eigenvalue weighted by Gasteiger charge is 2.30. The number of benzene rings is 3. The lowest BCUT2D eigenvalue weighted by atomic mass is 10.0. The molecule has 7 N–H and O–H groups in total. The van der Waals surface area contributed by atoms with Crippen LogP contribution in [-0.4, -0.2) is 124 Å². The van der Waals surface area contributed by atoms with Crippen LogP contribution in [-0.2, 0) is 89.2 Å². The number of nitrogens with one attached hydrogen (secondary N) is 2. The van der Waals surface area contributed by atoms with E-state index in [2.05, 4.69) is 0 Å². The van der Waals surface area contributed by atoms with E-state index in [-0.39, 0.29) is 89.7 Å². The summed E-state index contributed by atoms with van der Waals surface area (Å²) < 4.78 is 113. The maximum absolute atomic E-state index is 13.4. The van der Waals surface area contributed by atoms with Crippen LogP contribution in [0.15, 0.2) is 93.9 Å². The molecular formula is C52H56F2N8O28P4. The van der Waals surface area contributed by atoms with E-state index in [9.17, 15) is 109 Å². The van der Waals surface area contributed by atoms with Crippen molar-refractivity contribution in [2.45, 2.75) is 59.0 Å². The lowest BCUT2D eigenvalue weighted by Gasteiger charge is -2.16. The number of nitrogens with zero attached hydrogens (tertiary/aromatic N) is 6. The smallest absolute Gasteiger partial charge is 0.396 e. The van der Waals surface area contributed by atoms with E-state index < -0.39 is 202 Å². The number of aliphatic hydroxyl groups is 1. The van der Waals surface area contributed by atoms with Crippen LogP contribution < -0.4 is 77.8 Å². The van der Waals surface area contributed by atoms with Gasteiger partial charge in [0, 0.05) is 25.6 Å². The van der Waals surface area contributed by atoms with Crippen LogP contribution in [0.5, 0.6) is 0 Å². The molecule has 0 saturated carbocycles. The summed E-state index contributed by atoms with van der Waals surface area (Å²) in [5.74, 6) is -1.17. The SMILES string of the molecule is CCC(CCP(=O)(O)OCCn1c(=O)c2cc3c(=O)n(CCOP(=O)(O)OCCn4c(=O)c5cc6c(=O)n(CCOP(=O)(O)OCCn7c(=O)c8cc9c(=O)n(CCOP(=O)(O)OCC(CO)CNF)c(=O)c9cc8c7=O)c(=O)c6cc5c4=O)c(=O)c3cc2c1=O)CNF. The molecule has 0 radical (unpaired) electrons. The molecule has 6 heterocycles. The Kier molecular flexibility index (Phi) is 21.6. The second-order valence-corrected chi connectivity index (χ2v) is 27.6. The zero-order chi connectivity index (χ0) is 68.5. The Morgan fingerprint density at radius 1 is 0.372 bits per heavy atom. The Morgan fingerprint density at radius 3 is 0.798 bits per heavy atom. The first kappa shape index (κ1) is 71.0. The highest BCUT2D eigenvalue weighted by molar-refractivity contribution is 7.52. The molecule has 506 valence electrons. The largest absolute Gasteiger partial charge is 0.472 e. The molecule has 0 bridgehead atoms. The average molecular weight is 1400 g/mol. The van der Waals surface area contributed by atoms with Gasteiger partial charge in [-0.1, -0.05) is 13.3 Å². The summed E-state index contributed by atoms with van der Waals surface area (Å²) in [7, 11) is -19.1. The Balaban J connectivity index is 0.761. The van der Waals surface area contributed by atoms with Crippen molar-refractivity contribution in [3.05, 3.63) is 161 Å². The second kappa shape index (κ2) is 28.6. The Labute approximate surface area is 519 Å². The van der Waals surface area contributed by atoms with Gasteiger partial charge in [-0.05, 0) is 48.7 Å². The van der Waals surface area contributed by atoms with Crippen molar-refractivity contribution < 1.29 is 83.6 Å². The second-order valence-electron chi connectivity index (χ2n) is 21.3. The fourth-order valence-electron chi connectivity index (χ4n) is 10.5. The number of fused-ring (bicyclic) bond motifs is 6. The predicted molar refractivity (Wildman–Crippen MR) is 328 cm³/mol. The van der Waals surface area contributed by atoms with Gasteiger partial charge in [-0.2, -0.15) is 11.1 Å². The molecule has 6 unspecified atom stereocenters. The molecule has 0 saturated heterocycles. The predicted octanol–water partition coefficient (Wildman–Crippen LogP) is -1.66. The van der Waals surface area contributed by atoms with Gasteiger partial charge in [-0.3, -0.25) is 117 Å². The number of rotatable bonds is 36. The van der Waals surface area contributed by atoms with Crippen molar-refractivity contribution >= 4 is 95.7 Å². The average Bonchev–Trinajstić information content (AvgIpc) is 1.60. The monoisotopic (exact) mass is 1400 g/mol. The molecule has 42 heteroatoms. The van der Waals surface area contributed by atoms with Gasteiger partial charge in [0.15, 0.2) is 0 Å². The van der Waals surface area contributed by atoms with E-state index in [1.165, 1.54) is 11.1 Å². The molecule has 0 aliphatic heterocycles. The van der Waals surface area contributed by atoms with E-state index in [0.717, 1.165) is 36.4 Å². The number of phosphoric ester groups is 3. The summed E-state index contributed by atoms with van der Waals surface area (Å²) in [5.41, 5.74) is -8.97. The van der Waals surface area contributed by atoms with Gasteiger partial charge < -0.3 is 29.2 Å². The minimum atomic E-state index is -5.08. The van der Waals surface area contributed by atoms with E-state index >= 15 is 0 Å². The number of halogens is 2. The normalized spacial score (nSPS) is 15.7. The number of aromatic nitrogens is 6. The van der Waals surface area contributed by atoms with E-state index in [1.54, 1.807) is 6.92 Å². The topological polar surface area (TPSA) is 493 Å². The molecule has 9 aromatic rings. The van der Waals surface area contributed by atoms with Crippen LogP contribution in [0.1, 0.15) is 19.8 Å². The summed E-state index contributed by atoms with van der Waals surface area (Å²) in [6.07, 6.45) is 0.354. The van der Waals surface area contributed by atoms with E-state index in [1.807, 2.05) is 0 Å². The van der Waals surface area contributed by atoms with Gasteiger partial charge in [0.05, 0.1) is 156 Å². The summed E-state index contributed by atoms with van der Waals surface area (Å²) in [5, 5.41) is 5.36. The van der Waals surface area contributed by atoms with Gasteiger partial charge in [0.25, 0.3) is 66.7 Å². The third kappa shape index (κ3) is 14.7. The minimum Gasteiger partial charge on any atom is -0.396 e. The number of hydrogen-bond acceptors (Lipinski definition) is 26. The Bertz CT molecular complexity index is 4770. The fraction of sp³-hybridized carbons (Fsp3) is 0.423. The highest BCUT2D eigenvalue weighted by atomic mass is 31.2. The lowest BCUT2D eigenvalue weighted by Crippen LogP contribution is -2.28. The molecule has 0 aliphatic carbocycles. The van der Waals surface area contributed by atoms with Crippen LogP contribution in [0.3, 0.4) is 0 Å². The van der Waals surface area contributed by atoms with E-state index in [4.69, 9.17) is 31.7 Å². The first-order valence-corrected chi connectivity index (χ1v) is 34.4. The lowest BCUT2D eigenvalue weighted by molar-refractivity contribution is 0.0978. The first-order chi connectivity index (χ1) is 44.4. The van der Waals surface area contributed by atoms with Crippen molar-refractivity contribution in [2.24, 2.45) is 11.8 Å². The summed E-state index contributed by atoms with van der Waals surface area (Å²) >= 11 is 0. The van der Waals surface area contributed by atoms with Gasteiger partial charge in [0.2, 0.25) is 0 Å². The first-order valence-electron chi connectivity index (χ1n) is 28.2. The molecule has 36 nitrogen and oxygen atoms in total. The molecule has 94 heavy (non-hydrogen) atoms. The Hall–Kier alpha value is -7.28. The van der Waals surface area contributed by atoms with Crippen molar-refractivity contribution in [3.63, 3.8) is 0 Å². The van der Waals surface area contributed by atoms with Crippen molar-refractivity contribution in [2.75, 3.05) is 72.1 Å². The zero-order valence-electron chi connectivity index (χ0n) is 48.9. The molecule has 3 aromatic carbocycles. The standard InChI is InChI=1S/C52H56F2N8O28P4/c1-2-27(23-55-53)3-16-91(76,77)84-10-4-57-41(64)29-17-31-32(18-30(29)42(57)65)44(67)58(43(31)66)5-11-85-92(78,79)86-12-6-59-45(68)33-19-35-36(20-34(33)46(59)69)48(71)60(47(35)70)7-13-87-93(80,81)88-14-8-61-49(72)37-21-39-40(22-38(37)50(61)73)52(75)62(51(39)74)9-15-89-94(82,83)90-26-28(25-63)24-56-54/h17-22,27-28,55-56,63H,2-16,23-26H2,1H3,(H,76,77)(H,78,79)(H,80,81)(H,82,83). The van der Waals surface area contributed by atoms with Crippen LogP contribution in [0.25, 0.3) is 64.6 Å². The highest BCUT2D eigenvalue weighted by Crippen LogP contribution is 2.45. The summed E-state index contributed by atoms with van der Waals surface area (Å²) in [4.78, 5) is 201. The number of aliphatic hydroxyl groups excluding tert-OH is 1. The Morgan fingerprint density at radius 2 is 0.585 bits per heavy atom. The van der Waals surface area contributed by atoms with Crippen molar-refractivity contribution in [1.82, 2.24) is 38.5 Å². The molecule has 0 aliphatic rings. The van der Waals surface area contributed by atoms with Gasteiger partial charge in [-0.25, -0.2) is 13.7 Å². The number of hydrogen-bond donors (Lipinski definition) is 7. The van der Waals surface area contributed by atoms with Gasteiger partial charge >= 0.3 is 31.1 Å². The zero-order valence-corrected chi connectivity index (χ0v) is 52.5. The third-order valence-corrected chi connectivity index (χ3v) is 19.9. The maximum atomic E-state index is 13.4. The van der Waals surface area contributed by atoms with Crippen LogP contribution >= 0.6 is 31.1 Å². The van der Waals surface area contributed by atoms with Crippen molar-refractivity contribution in [3.8, 4) is 0 Å². The molecule has 0 amide bonds. The van der Waals surface area contributed by atoms with Crippen molar-refractivity contribution in [1.29, 1.82) is 0 Å². The molecule has 0 fully saturated rings. The molecule has 0 spiro atoms. The molecular weight excluding hydrogens is 1350 g/mol. The van der Waals surface area contributed by atoms with Crippen LogP contribution in [0, 0.1) is 11.8 Å². The quantitative estimate of drug-likeness (QED) is 0.0171. The van der Waals surface area contributed by atoms with Crippen LogP contribution in [0.2, 0.25) is 0 Å². The molecule has 6 atom stereocenters. The molecule has 9 rings (SSSR count). The van der Waals surface area contributed by atoms with Gasteiger partial charge in [-0.15, -0.1) is 8.96 Å². The summed E-state index contributed by atoms with van der Waals surface area (Å²) in [6, 6.07) is 5.87. The van der Waals surface area contributed by atoms with Crippen LogP contribution in [0.4, 0.5) is 8.96 Å². The maximum Gasteiger partial charge on any atom is 0.472 e. The fourth-order valence-corrected chi connectivity index (χ4v) is 13.9. The number of phosphoric acid groups is 3.